The van der Waals surface area contributed by atoms with Crippen molar-refractivity contribution in [3.8, 4) is 0 Å². The zero-order valence-electron chi connectivity index (χ0n) is 15.9. The van der Waals surface area contributed by atoms with Crippen molar-refractivity contribution in [2.24, 2.45) is 0 Å². The van der Waals surface area contributed by atoms with E-state index in [1.54, 1.807) is 36.0 Å². The topological polar surface area (TPSA) is 66.5 Å². The number of benzene rings is 2. The number of nitrogens with zero attached hydrogens (tertiary/aromatic N) is 1. The molecule has 0 saturated carbocycles. The summed E-state index contributed by atoms with van der Waals surface area (Å²) in [7, 11) is -2.07. The summed E-state index contributed by atoms with van der Waals surface area (Å²) in [5.74, 6) is 1.32. The normalized spacial score (nSPS) is 12.7. The van der Waals surface area contributed by atoms with Crippen LogP contribution < -0.4 is 5.32 Å². The van der Waals surface area contributed by atoms with Gasteiger partial charge in [-0.3, -0.25) is 4.79 Å². The highest BCUT2D eigenvalue weighted by molar-refractivity contribution is 7.98. The van der Waals surface area contributed by atoms with E-state index < -0.39 is 16.1 Å². The first kappa shape index (κ1) is 21.5. The summed E-state index contributed by atoms with van der Waals surface area (Å²) in [4.78, 5) is 12.7. The summed E-state index contributed by atoms with van der Waals surface area (Å²) in [6.07, 6.45) is 1.10. The molecule has 0 aliphatic rings. The molecule has 0 saturated heterocycles. The molecule has 2 aromatic rings. The van der Waals surface area contributed by atoms with E-state index in [4.69, 9.17) is 0 Å². The van der Waals surface area contributed by atoms with Gasteiger partial charge < -0.3 is 5.32 Å². The molecule has 0 aliphatic carbocycles. The average molecular weight is 407 g/mol. The van der Waals surface area contributed by atoms with E-state index in [-0.39, 0.29) is 5.91 Å². The third kappa shape index (κ3) is 6.68. The standard InChI is InChI=1S/C20H26N2O3S2/c1-16-9-11-17(12-10-16)15-26-14-13-21-20(23)19(22(2)27(3,24)25)18-7-5-4-6-8-18/h4-12,19H,13-15H2,1-3H3,(H,21,23)/t19-/m1/s1. The van der Waals surface area contributed by atoms with Crippen LogP contribution in [0.2, 0.25) is 0 Å². The van der Waals surface area contributed by atoms with Crippen molar-refractivity contribution >= 4 is 27.7 Å². The third-order valence-electron chi connectivity index (χ3n) is 4.19. The van der Waals surface area contributed by atoms with Gasteiger partial charge in [-0.1, -0.05) is 60.2 Å². The van der Waals surface area contributed by atoms with E-state index in [1.807, 2.05) is 6.07 Å². The fourth-order valence-electron chi connectivity index (χ4n) is 2.57. The van der Waals surface area contributed by atoms with Gasteiger partial charge in [0.15, 0.2) is 0 Å². The number of carbonyl (C=O) groups is 1. The van der Waals surface area contributed by atoms with Crippen molar-refractivity contribution in [3.63, 3.8) is 0 Å². The molecule has 0 bridgehead atoms. The Kier molecular flexibility index (Phi) is 7.89. The summed E-state index contributed by atoms with van der Waals surface area (Å²) in [5, 5.41) is 2.86. The maximum atomic E-state index is 12.7. The van der Waals surface area contributed by atoms with Gasteiger partial charge in [0, 0.05) is 25.1 Å². The fourth-order valence-corrected chi connectivity index (χ4v) is 3.99. The van der Waals surface area contributed by atoms with Crippen LogP contribution in [0.3, 0.4) is 0 Å². The Morgan fingerprint density at radius 2 is 1.74 bits per heavy atom. The molecular formula is C20H26N2O3S2. The molecule has 0 spiro atoms. The van der Waals surface area contributed by atoms with Gasteiger partial charge in [-0.2, -0.15) is 16.1 Å². The maximum absolute atomic E-state index is 12.7. The van der Waals surface area contributed by atoms with Crippen LogP contribution in [0.15, 0.2) is 54.6 Å². The van der Waals surface area contributed by atoms with E-state index in [9.17, 15) is 13.2 Å². The minimum atomic E-state index is -3.50. The molecule has 0 radical (unpaired) electrons. The van der Waals surface area contributed by atoms with Crippen LogP contribution in [-0.4, -0.2) is 44.2 Å². The molecule has 2 aromatic carbocycles. The van der Waals surface area contributed by atoms with Gasteiger partial charge in [0.25, 0.3) is 0 Å². The zero-order valence-corrected chi connectivity index (χ0v) is 17.5. The SMILES string of the molecule is Cc1ccc(CSCCNC(=O)[C@@H](c2ccccc2)N(C)S(C)(=O)=O)cc1. The Labute approximate surface area is 166 Å². The van der Waals surface area contributed by atoms with Crippen molar-refractivity contribution < 1.29 is 13.2 Å². The van der Waals surface area contributed by atoms with Gasteiger partial charge in [-0.15, -0.1) is 0 Å². The lowest BCUT2D eigenvalue weighted by Crippen LogP contribution is -2.41. The number of likely N-dealkylation sites (N-methyl/N-ethyl adjacent to an activating group) is 1. The highest BCUT2D eigenvalue weighted by Gasteiger charge is 2.30. The Hall–Kier alpha value is -1.83. The second-order valence-electron chi connectivity index (χ2n) is 6.42. The lowest BCUT2D eigenvalue weighted by atomic mass is 10.1. The molecule has 0 aromatic heterocycles. The summed E-state index contributed by atoms with van der Waals surface area (Å²) >= 11 is 1.73. The first-order chi connectivity index (χ1) is 12.8. The second-order valence-corrected chi connectivity index (χ2v) is 9.57. The van der Waals surface area contributed by atoms with Gasteiger partial charge in [0.05, 0.1) is 6.26 Å². The molecule has 0 aliphatic heterocycles. The van der Waals surface area contributed by atoms with E-state index in [1.165, 1.54) is 18.2 Å². The number of aryl methyl sites for hydroxylation is 1. The predicted molar refractivity (Wildman–Crippen MR) is 112 cm³/mol. The fraction of sp³-hybridized carbons (Fsp3) is 0.350. The van der Waals surface area contributed by atoms with Crippen molar-refractivity contribution in [2.45, 2.75) is 18.7 Å². The van der Waals surface area contributed by atoms with Crippen LogP contribution in [0.4, 0.5) is 0 Å². The van der Waals surface area contributed by atoms with Crippen molar-refractivity contribution in [1.29, 1.82) is 0 Å². The number of hydrogen-bond acceptors (Lipinski definition) is 4. The maximum Gasteiger partial charge on any atom is 0.243 e. The Morgan fingerprint density at radius 1 is 1.11 bits per heavy atom. The number of carbonyl (C=O) groups excluding carboxylic acids is 1. The summed E-state index contributed by atoms with van der Waals surface area (Å²) in [5.41, 5.74) is 3.13. The lowest BCUT2D eigenvalue weighted by Gasteiger charge is -2.25. The monoisotopic (exact) mass is 406 g/mol. The average Bonchev–Trinajstić information content (AvgIpc) is 2.63. The quantitative estimate of drug-likeness (QED) is 0.650. The minimum absolute atomic E-state index is 0.315. The highest BCUT2D eigenvalue weighted by atomic mass is 32.2. The first-order valence-corrected chi connectivity index (χ1v) is 11.7. The molecule has 0 fully saturated rings. The van der Waals surface area contributed by atoms with Gasteiger partial charge >= 0.3 is 0 Å². The number of nitrogens with one attached hydrogen (secondary N) is 1. The largest absolute Gasteiger partial charge is 0.354 e. The molecule has 7 heteroatoms. The molecule has 146 valence electrons. The van der Waals surface area contributed by atoms with Gasteiger partial charge in [0.2, 0.25) is 15.9 Å². The van der Waals surface area contributed by atoms with Crippen molar-refractivity contribution in [3.05, 3.63) is 71.3 Å². The second kappa shape index (κ2) is 9.92. The van der Waals surface area contributed by atoms with E-state index in [0.717, 1.165) is 22.1 Å². The Balaban J connectivity index is 1.91. The molecule has 1 atom stereocenters. The molecule has 27 heavy (non-hydrogen) atoms. The number of hydrogen-bond donors (Lipinski definition) is 1. The summed E-state index contributed by atoms with van der Waals surface area (Å²) < 4.78 is 25.0. The van der Waals surface area contributed by atoms with Crippen LogP contribution >= 0.6 is 11.8 Å². The third-order valence-corrected chi connectivity index (χ3v) is 6.47. The highest BCUT2D eigenvalue weighted by Crippen LogP contribution is 2.22. The molecule has 1 N–H and O–H groups in total. The van der Waals surface area contributed by atoms with Crippen molar-refractivity contribution in [1.82, 2.24) is 9.62 Å². The lowest BCUT2D eigenvalue weighted by molar-refractivity contribution is -0.124. The summed E-state index contributed by atoms with van der Waals surface area (Å²) in [6.45, 7) is 2.54. The predicted octanol–water partition coefficient (Wildman–Crippen LogP) is 2.98. The van der Waals surface area contributed by atoms with E-state index in [2.05, 4.69) is 36.5 Å². The molecule has 1 amide bonds. The molecule has 0 heterocycles. The van der Waals surface area contributed by atoms with Crippen LogP contribution in [0, 0.1) is 6.92 Å². The van der Waals surface area contributed by atoms with Crippen LogP contribution in [-0.2, 0) is 20.6 Å². The van der Waals surface area contributed by atoms with E-state index >= 15 is 0 Å². The first-order valence-electron chi connectivity index (χ1n) is 8.68. The van der Waals surface area contributed by atoms with E-state index in [0.29, 0.717) is 12.1 Å². The Bertz CT molecular complexity index is 837. The zero-order chi connectivity index (χ0) is 19.9. The number of thioether (sulfide) groups is 1. The molecule has 0 unspecified atom stereocenters. The van der Waals surface area contributed by atoms with Crippen LogP contribution in [0.25, 0.3) is 0 Å². The van der Waals surface area contributed by atoms with Crippen LogP contribution in [0.1, 0.15) is 22.7 Å². The van der Waals surface area contributed by atoms with Crippen molar-refractivity contribution in [2.75, 3.05) is 25.6 Å². The number of amides is 1. The molecular weight excluding hydrogens is 380 g/mol. The smallest absolute Gasteiger partial charge is 0.243 e. The number of rotatable bonds is 9. The van der Waals surface area contributed by atoms with Gasteiger partial charge in [0.1, 0.15) is 6.04 Å². The summed E-state index contributed by atoms with van der Waals surface area (Å²) in [6, 6.07) is 16.5. The number of sulfonamides is 1. The van der Waals surface area contributed by atoms with Gasteiger partial charge in [-0.05, 0) is 18.1 Å². The minimum Gasteiger partial charge on any atom is -0.354 e. The molecule has 2 rings (SSSR count). The Morgan fingerprint density at radius 3 is 2.33 bits per heavy atom. The molecule has 5 nitrogen and oxygen atoms in total. The van der Waals surface area contributed by atoms with Gasteiger partial charge in [-0.25, -0.2) is 8.42 Å². The van der Waals surface area contributed by atoms with Crippen LogP contribution in [0.5, 0.6) is 0 Å².